The standard InChI is InChI=1S/C47H44B12N2/c1-20(48)37(50)43(56)36-32(22-10-8-11-23(17-22)47-60-29-15-6-7-16-30(29)61(47)31-19-28(49)38(51)44(57)39(31)52)34-35(42(55)46(59)45(58)41(34)54)33(40(36)53)27-18-21-9-2-3-12-24(21)25-13-4-5-14-26(25)27/h2-19,53H,48-52,54-59H2,1H3/b37-20-,43-36+. The van der Waals surface area contributed by atoms with Crippen LogP contribution < -0.4 is 48.9 Å². The molecule has 0 spiro atoms. The van der Waals surface area contributed by atoms with E-state index >= 15 is 0 Å². The summed E-state index contributed by atoms with van der Waals surface area (Å²) >= 11 is 0. The van der Waals surface area contributed by atoms with E-state index in [1.54, 1.807) is 0 Å². The van der Waals surface area contributed by atoms with Gasteiger partial charge in [0, 0.05) is 0 Å². The molecule has 0 aliphatic heterocycles. The molecule has 1 heterocycles. The topological polar surface area (TPSA) is 17.8 Å². The summed E-state index contributed by atoms with van der Waals surface area (Å²) in [6.45, 7) is 2.23. The van der Waals surface area contributed by atoms with Gasteiger partial charge in [-0.15, -0.1) is 0 Å². The van der Waals surface area contributed by atoms with Gasteiger partial charge >= 0.3 is 365 Å². The summed E-state index contributed by atoms with van der Waals surface area (Å²) in [7, 11) is 30.1. The van der Waals surface area contributed by atoms with Crippen molar-refractivity contribution >= 4 is 186 Å². The predicted octanol–water partition coefficient (Wildman–Crippen LogP) is -6.06. The van der Waals surface area contributed by atoms with Crippen molar-refractivity contribution in [3.8, 4) is 39.3 Å². The van der Waals surface area contributed by atoms with Gasteiger partial charge in [0.05, 0.1) is 0 Å². The minimum absolute atomic E-state index is 0.940. The Hall–Kier alpha value is -5.60. The number of fused-ring (bicyclic) bond motifs is 5. The Morgan fingerprint density at radius 3 is 1.85 bits per heavy atom. The van der Waals surface area contributed by atoms with E-state index in [1.807, 2.05) is 0 Å². The van der Waals surface area contributed by atoms with Crippen LogP contribution in [0.4, 0.5) is 0 Å². The van der Waals surface area contributed by atoms with E-state index < -0.39 is 0 Å². The fourth-order valence-corrected chi connectivity index (χ4v) is 10.0. The molecular weight excluding hydrogens is 722 g/mol. The first-order valence-electron chi connectivity index (χ1n) is 21.7. The molecule has 0 aliphatic rings. The van der Waals surface area contributed by atoms with Gasteiger partial charge in [-0.05, 0) is 0 Å². The third kappa shape index (κ3) is 6.35. The molecule has 14 heteroatoms. The molecule has 8 aromatic carbocycles. The first kappa shape index (κ1) is 40.8. The van der Waals surface area contributed by atoms with Crippen molar-refractivity contribution in [3.05, 3.63) is 130 Å². The fourth-order valence-electron chi connectivity index (χ4n) is 10.0. The molecule has 0 saturated heterocycles. The number of benzene rings is 8. The van der Waals surface area contributed by atoms with Crippen molar-refractivity contribution in [3.63, 3.8) is 0 Å². The van der Waals surface area contributed by atoms with Crippen LogP contribution in [0.15, 0.2) is 120 Å². The number of imidazole rings is 1. The molecule has 9 rings (SSSR count). The number of aromatic nitrogens is 2. The van der Waals surface area contributed by atoms with Gasteiger partial charge in [-0.3, -0.25) is 0 Å². The molecule has 61 heavy (non-hydrogen) atoms. The zero-order valence-electron chi connectivity index (χ0n) is 38.0. The summed E-state index contributed by atoms with van der Waals surface area (Å²) in [5.74, 6) is 0.940. The monoisotopic (exact) mass is 768 g/mol. The maximum absolute atomic E-state index is 5.41. The Balaban J connectivity index is 1.47. The quantitative estimate of drug-likeness (QED) is 0.126. The molecule has 2 nitrogen and oxygen atoms in total. The molecule has 1 aromatic heterocycles. The van der Waals surface area contributed by atoms with Crippen LogP contribution in [0.2, 0.25) is 0 Å². The van der Waals surface area contributed by atoms with Gasteiger partial charge in [0.1, 0.15) is 7.85 Å². The van der Waals surface area contributed by atoms with E-state index in [1.165, 1.54) is 120 Å². The number of hydrogen-bond acceptors (Lipinski definition) is 1. The summed E-state index contributed by atoms with van der Waals surface area (Å²) in [5.41, 5.74) is 23.5. The average Bonchev–Trinajstić information content (AvgIpc) is 3.66. The van der Waals surface area contributed by atoms with Crippen molar-refractivity contribution in [2.45, 2.75) is 6.92 Å². The molecule has 0 radical (unpaired) electrons. The van der Waals surface area contributed by atoms with Crippen LogP contribution in [-0.2, 0) is 0 Å². The van der Waals surface area contributed by atoms with Gasteiger partial charge in [0.15, 0.2) is 0 Å². The Morgan fingerprint density at radius 1 is 0.557 bits per heavy atom. The van der Waals surface area contributed by atoms with Crippen LogP contribution in [0.5, 0.6) is 0 Å². The first-order valence-corrected chi connectivity index (χ1v) is 21.7. The van der Waals surface area contributed by atoms with Crippen LogP contribution in [0.25, 0.3) is 88.2 Å². The van der Waals surface area contributed by atoms with E-state index in [2.05, 4.69) is 207 Å². The minimum atomic E-state index is 0.940. The third-order valence-corrected chi connectivity index (χ3v) is 14.4. The molecule has 0 atom stereocenters. The van der Waals surface area contributed by atoms with Crippen LogP contribution in [0.3, 0.4) is 0 Å². The molecule has 0 amide bonds. The van der Waals surface area contributed by atoms with Crippen LogP contribution in [0.1, 0.15) is 6.92 Å². The molecule has 0 aliphatic carbocycles. The predicted molar refractivity (Wildman–Crippen MR) is 303 cm³/mol. The third-order valence-electron chi connectivity index (χ3n) is 14.4. The first-order chi connectivity index (χ1) is 29.2. The summed E-state index contributed by atoms with van der Waals surface area (Å²) in [6, 6.07) is 40.2. The zero-order chi connectivity index (χ0) is 43.2. The molecule has 9 aromatic rings. The van der Waals surface area contributed by atoms with Gasteiger partial charge in [-0.25, -0.2) is 0 Å². The van der Waals surface area contributed by atoms with Gasteiger partial charge in [-0.1, -0.05) is 0 Å². The summed E-state index contributed by atoms with van der Waals surface area (Å²) < 4.78 is 2.39. The van der Waals surface area contributed by atoms with Crippen molar-refractivity contribution in [2.24, 2.45) is 0 Å². The molecule has 0 N–H and O–H groups in total. The van der Waals surface area contributed by atoms with Crippen molar-refractivity contribution in [2.75, 3.05) is 0 Å². The average molecular weight is 767 g/mol. The van der Waals surface area contributed by atoms with Crippen molar-refractivity contribution in [1.82, 2.24) is 9.55 Å². The number of para-hydroxylation sites is 2. The van der Waals surface area contributed by atoms with E-state index in [0.29, 0.717) is 0 Å². The Kier molecular flexibility index (Phi) is 10.3. The number of nitrogens with zero attached hydrogens (tertiary/aromatic N) is 2. The molecule has 278 valence electrons. The van der Waals surface area contributed by atoms with Crippen molar-refractivity contribution in [1.29, 1.82) is 0 Å². The molecule has 0 fully saturated rings. The van der Waals surface area contributed by atoms with Crippen LogP contribution >= 0.6 is 0 Å². The molecule has 0 unspecified atom stereocenters. The second-order valence-electron chi connectivity index (χ2n) is 17.7. The summed E-state index contributed by atoms with van der Waals surface area (Å²) in [5, 5.41) is 9.85. The van der Waals surface area contributed by atoms with Crippen molar-refractivity contribution < 1.29 is 0 Å². The number of allylic oxidation sites excluding steroid dienone is 2. The SMILES string of the molecule is B=c1c(-c2cc3ccccc3c3ccccc23)c2c(B)c(B)c(B)c(B)c2c(-c2cccc(-c3nc4ccccc4n3-c3cc(B)c(B)c(B)c3B)c2)/c1=C(B)/C(B)=C(/B)C. The Morgan fingerprint density at radius 2 is 1.15 bits per heavy atom. The van der Waals surface area contributed by atoms with Gasteiger partial charge < -0.3 is 0 Å². The number of rotatable bonds is 5. The van der Waals surface area contributed by atoms with E-state index in [9.17, 15) is 0 Å². The molecular formula is C47H44B12N2. The summed E-state index contributed by atoms with van der Waals surface area (Å²) in [4.78, 5) is 5.41. The second kappa shape index (κ2) is 15.4. The van der Waals surface area contributed by atoms with E-state index in [-0.39, 0.29) is 0 Å². The number of hydrogen-bond donors (Lipinski definition) is 0. The molecule has 0 saturated carbocycles. The zero-order valence-corrected chi connectivity index (χ0v) is 38.0. The second-order valence-corrected chi connectivity index (χ2v) is 17.7. The Labute approximate surface area is 370 Å². The van der Waals surface area contributed by atoms with Gasteiger partial charge in [0.25, 0.3) is 0 Å². The van der Waals surface area contributed by atoms with E-state index in [0.717, 1.165) is 33.1 Å². The van der Waals surface area contributed by atoms with Crippen LogP contribution in [-0.4, -0.2) is 103 Å². The normalized spacial score (nSPS) is 12.7. The van der Waals surface area contributed by atoms with Crippen LogP contribution in [0, 0.1) is 5.11 Å². The summed E-state index contributed by atoms with van der Waals surface area (Å²) in [6.07, 6.45) is 0. The Bertz CT molecular complexity index is 3530. The van der Waals surface area contributed by atoms with E-state index in [4.69, 9.17) is 12.5 Å². The van der Waals surface area contributed by atoms with Gasteiger partial charge in [0.2, 0.25) is 0 Å². The maximum atomic E-state index is 5.41. The fraction of sp³-hybridized carbons (Fsp3) is 0.0213. The van der Waals surface area contributed by atoms with Gasteiger partial charge in [-0.2, -0.15) is 0 Å². The molecule has 0 bridgehead atoms.